The van der Waals surface area contributed by atoms with Crippen LogP contribution in [0, 0.1) is 0 Å². The number of amides is 1. The summed E-state index contributed by atoms with van der Waals surface area (Å²) in [5, 5.41) is 6.56. The second-order valence-electron chi connectivity index (χ2n) is 6.62. The van der Waals surface area contributed by atoms with E-state index in [1.165, 1.54) is 6.07 Å². The molecule has 1 aliphatic heterocycles. The number of hydrogen-bond acceptors (Lipinski definition) is 5. The summed E-state index contributed by atoms with van der Waals surface area (Å²) in [4.78, 5) is 17.7. The average Bonchev–Trinajstić information content (AvgIpc) is 2.73. The van der Waals surface area contributed by atoms with Crippen LogP contribution in [0.3, 0.4) is 0 Å². The molecule has 1 aliphatic rings. The number of carbonyl (C=O) groups is 1. The third-order valence-corrected chi connectivity index (χ3v) is 4.57. The third kappa shape index (κ3) is 7.23. The lowest BCUT2D eigenvalue weighted by Crippen LogP contribution is -2.49. The molecule has 0 spiro atoms. The standard InChI is InChI=1S/C20H30F2N4O4/c1-4-28-17-12-14(6-7-16(17)30-18(21)22)13-24-19(23-3)25-15-8-10-26(11-9-15)20(27)29-5-2/h6-7,12,15,18H,4-5,8-11,13H2,1-3H3,(H2,23,24,25). The highest BCUT2D eigenvalue weighted by Gasteiger charge is 2.24. The lowest BCUT2D eigenvalue weighted by atomic mass is 10.1. The second-order valence-corrected chi connectivity index (χ2v) is 6.62. The molecular formula is C20H30F2N4O4. The molecule has 1 aromatic carbocycles. The van der Waals surface area contributed by atoms with Crippen molar-refractivity contribution >= 4 is 12.1 Å². The first-order valence-electron chi connectivity index (χ1n) is 10.1. The number of nitrogens with zero attached hydrogens (tertiary/aromatic N) is 2. The fourth-order valence-electron chi connectivity index (χ4n) is 3.12. The molecule has 0 aliphatic carbocycles. The van der Waals surface area contributed by atoms with Gasteiger partial charge in [0.15, 0.2) is 17.5 Å². The maximum absolute atomic E-state index is 12.5. The van der Waals surface area contributed by atoms with Gasteiger partial charge in [-0.05, 0) is 44.4 Å². The number of halogens is 2. The molecule has 1 fully saturated rings. The summed E-state index contributed by atoms with van der Waals surface area (Å²) >= 11 is 0. The van der Waals surface area contributed by atoms with Gasteiger partial charge in [0.2, 0.25) is 0 Å². The largest absolute Gasteiger partial charge is 0.490 e. The molecule has 0 unspecified atom stereocenters. The number of nitrogens with one attached hydrogen (secondary N) is 2. The zero-order chi connectivity index (χ0) is 21.9. The number of ether oxygens (including phenoxy) is 3. The van der Waals surface area contributed by atoms with E-state index in [4.69, 9.17) is 9.47 Å². The minimum Gasteiger partial charge on any atom is -0.490 e. The number of rotatable bonds is 8. The van der Waals surface area contributed by atoms with Crippen molar-refractivity contribution in [3.05, 3.63) is 23.8 Å². The summed E-state index contributed by atoms with van der Waals surface area (Å²) in [5.74, 6) is 0.897. The van der Waals surface area contributed by atoms with Crippen molar-refractivity contribution in [1.29, 1.82) is 0 Å². The average molecular weight is 428 g/mol. The minimum absolute atomic E-state index is 0.00599. The molecular weight excluding hydrogens is 398 g/mol. The Hall–Kier alpha value is -2.78. The van der Waals surface area contributed by atoms with Crippen LogP contribution in [0.2, 0.25) is 0 Å². The summed E-state index contributed by atoms with van der Waals surface area (Å²) in [7, 11) is 1.67. The van der Waals surface area contributed by atoms with Crippen LogP contribution in [0.5, 0.6) is 11.5 Å². The minimum atomic E-state index is -2.91. The van der Waals surface area contributed by atoms with Crippen molar-refractivity contribution in [2.24, 2.45) is 4.99 Å². The monoisotopic (exact) mass is 428 g/mol. The maximum Gasteiger partial charge on any atom is 0.409 e. The molecule has 30 heavy (non-hydrogen) atoms. The molecule has 2 N–H and O–H groups in total. The van der Waals surface area contributed by atoms with Gasteiger partial charge in [0.25, 0.3) is 0 Å². The van der Waals surface area contributed by atoms with Gasteiger partial charge >= 0.3 is 12.7 Å². The first-order chi connectivity index (χ1) is 14.5. The number of hydrogen-bond donors (Lipinski definition) is 2. The van der Waals surface area contributed by atoms with Crippen LogP contribution in [0.4, 0.5) is 13.6 Å². The lowest BCUT2D eigenvalue weighted by molar-refractivity contribution is -0.0514. The summed E-state index contributed by atoms with van der Waals surface area (Å²) in [6.07, 6.45) is 1.30. The molecule has 8 nitrogen and oxygen atoms in total. The van der Waals surface area contributed by atoms with E-state index < -0.39 is 6.61 Å². The predicted molar refractivity (Wildman–Crippen MR) is 109 cm³/mol. The molecule has 1 saturated heterocycles. The Morgan fingerprint density at radius 1 is 1.23 bits per heavy atom. The number of aliphatic imine (C=N–C) groups is 1. The van der Waals surface area contributed by atoms with Crippen LogP contribution in [-0.4, -0.2) is 63.0 Å². The smallest absolute Gasteiger partial charge is 0.409 e. The van der Waals surface area contributed by atoms with Gasteiger partial charge in [-0.25, -0.2) is 4.79 Å². The molecule has 1 aromatic rings. The molecule has 0 saturated carbocycles. The molecule has 1 amide bonds. The van der Waals surface area contributed by atoms with Crippen molar-refractivity contribution in [2.45, 2.75) is 45.9 Å². The van der Waals surface area contributed by atoms with Crippen LogP contribution in [0.1, 0.15) is 32.3 Å². The van der Waals surface area contributed by atoms with Crippen LogP contribution < -0.4 is 20.1 Å². The van der Waals surface area contributed by atoms with Gasteiger partial charge in [0, 0.05) is 32.7 Å². The Morgan fingerprint density at radius 2 is 1.97 bits per heavy atom. The highest BCUT2D eigenvalue weighted by atomic mass is 19.3. The number of carbonyl (C=O) groups excluding carboxylic acids is 1. The number of likely N-dealkylation sites (tertiary alicyclic amines) is 1. The molecule has 0 aromatic heterocycles. The number of benzene rings is 1. The fourth-order valence-corrected chi connectivity index (χ4v) is 3.12. The predicted octanol–water partition coefficient (Wildman–Crippen LogP) is 2.97. The maximum atomic E-state index is 12.5. The number of guanidine groups is 1. The van der Waals surface area contributed by atoms with Crippen molar-refractivity contribution in [2.75, 3.05) is 33.4 Å². The molecule has 0 atom stereocenters. The van der Waals surface area contributed by atoms with Gasteiger partial charge in [0.05, 0.1) is 13.2 Å². The van der Waals surface area contributed by atoms with Gasteiger partial charge in [-0.3, -0.25) is 4.99 Å². The first-order valence-corrected chi connectivity index (χ1v) is 10.1. The zero-order valence-electron chi connectivity index (χ0n) is 17.6. The van der Waals surface area contributed by atoms with E-state index >= 15 is 0 Å². The van der Waals surface area contributed by atoms with E-state index in [2.05, 4.69) is 20.4 Å². The van der Waals surface area contributed by atoms with Gasteiger partial charge in [0.1, 0.15) is 0 Å². The number of piperidine rings is 1. The highest BCUT2D eigenvalue weighted by molar-refractivity contribution is 5.80. The van der Waals surface area contributed by atoms with Crippen LogP contribution >= 0.6 is 0 Å². The van der Waals surface area contributed by atoms with Crippen molar-refractivity contribution in [1.82, 2.24) is 15.5 Å². The normalized spacial score (nSPS) is 15.1. The quantitative estimate of drug-likeness (QED) is 0.489. The Morgan fingerprint density at radius 3 is 2.57 bits per heavy atom. The van der Waals surface area contributed by atoms with E-state index in [-0.39, 0.29) is 23.6 Å². The van der Waals surface area contributed by atoms with Crippen molar-refractivity contribution < 1.29 is 27.8 Å². The van der Waals surface area contributed by atoms with Crippen LogP contribution in [0.15, 0.2) is 23.2 Å². The first kappa shape index (κ1) is 23.5. The van der Waals surface area contributed by atoms with E-state index in [0.717, 1.165) is 18.4 Å². The van der Waals surface area contributed by atoms with Gasteiger partial charge in [-0.15, -0.1) is 0 Å². The zero-order valence-corrected chi connectivity index (χ0v) is 17.6. The summed E-state index contributed by atoms with van der Waals surface area (Å²) in [5.41, 5.74) is 0.833. The highest BCUT2D eigenvalue weighted by Crippen LogP contribution is 2.29. The summed E-state index contributed by atoms with van der Waals surface area (Å²) in [6.45, 7) is 3.03. The molecule has 168 valence electrons. The summed E-state index contributed by atoms with van der Waals surface area (Å²) in [6, 6.07) is 5.01. The van der Waals surface area contributed by atoms with E-state index in [9.17, 15) is 13.6 Å². The third-order valence-electron chi connectivity index (χ3n) is 4.57. The van der Waals surface area contributed by atoms with E-state index in [0.29, 0.717) is 38.8 Å². The molecule has 10 heteroatoms. The number of alkyl halides is 2. The lowest BCUT2D eigenvalue weighted by Gasteiger charge is -2.32. The molecule has 1 heterocycles. The van der Waals surface area contributed by atoms with Gasteiger partial charge in [-0.1, -0.05) is 6.07 Å². The fraction of sp³-hybridized carbons (Fsp3) is 0.600. The molecule has 2 rings (SSSR count). The Balaban J connectivity index is 1.87. The van der Waals surface area contributed by atoms with Gasteiger partial charge in [-0.2, -0.15) is 8.78 Å². The Kier molecular flexibility index (Phi) is 9.43. The van der Waals surface area contributed by atoms with Crippen molar-refractivity contribution in [3.8, 4) is 11.5 Å². The van der Waals surface area contributed by atoms with E-state index in [1.54, 1.807) is 37.9 Å². The second kappa shape index (κ2) is 12.0. The molecule has 0 radical (unpaired) electrons. The topological polar surface area (TPSA) is 84.4 Å². The van der Waals surface area contributed by atoms with Crippen LogP contribution in [0.25, 0.3) is 0 Å². The molecule has 0 bridgehead atoms. The van der Waals surface area contributed by atoms with E-state index in [1.807, 2.05) is 0 Å². The van der Waals surface area contributed by atoms with Crippen LogP contribution in [-0.2, 0) is 11.3 Å². The van der Waals surface area contributed by atoms with Gasteiger partial charge < -0.3 is 29.7 Å². The summed E-state index contributed by atoms with van der Waals surface area (Å²) < 4.78 is 40.0. The Bertz CT molecular complexity index is 710. The SMILES string of the molecule is CCOC(=O)N1CCC(NC(=NC)NCc2ccc(OC(F)F)c(OCC)c2)CC1. The van der Waals surface area contributed by atoms with Crippen molar-refractivity contribution in [3.63, 3.8) is 0 Å². The Labute approximate surface area is 175 Å².